The van der Waals surface area contributed by atoms with Crippen molar-refractivity contribution in [1.29, 1.82) is 5.26 Å². The molecule has 0 aliphatic heterocycles. The van der Waals surface area contributed by atoms with E-state index in [2.05, 4.69) is 4.85 Å². The predicted molar refractivity (Wildman–Crippen MR) is 63.6 cm³/mol. The molecule has 0 amide bonds. The highest BCUT2D eigenvalue weighted by molar-refractivity contribution is 6.27. The molecule has 0 aromatic heterocycles. The number of fused-ring (bicyclic) bond motifs is 1. The number of carbonyl (C=O) groups excluding carboxylic acids is 1. The summed E-state index contributed by atoms with van der Waals surface area (Å²) in [4.78, 5) is 15.1. The number of nitriles is 1. The zero-order valence-electron chi connectivity index (χ0n) is 9.79. The van der Waals surface area contributed by atoms with Gasteiger partial charge >= 0.3 is 0 Å². The SMILES string of the molecule is [C-]#[N+]C(C#N)=C1/C(=C/C)C(=O)c2cc(F)c(F)cc21. The number of nitrogens with zero attached hydrogens (tertiary/aromatic N) is 2. The van der Waals surface area contributed by atoms with Crippen LogP contribution >= 0.6 is 0 Å². The zero-order chi connectivity index (χ0) is 14.2. The molecule has 0 bridgehead atoms. The number of hydrogen-bond donors (Lipinski definition) is 0. The molecule has 0 spiro atoms. The molecular weight excluding hydrogens is 250 g/mol. The molecule has 0 unspecified atom stereocenters. The highest BCUT2D eigenvalue weighted by Gasteiger charge is 2.33. The van der Waals surface area contributed by atoms with Crippen LogP contribution in [0.15, 0.2) is 29.5 Å². The molecule has 0 atom stereocenters. The molecule has 3 nitrogen and oxygen atoms in total. The van der Waals surface area contributed by atoms with Gasteiger partial charge in [0.1, 0.15) is 0 Å². The van der Waals surface area contributed by atoms with Gasteiger partial charge in [0.25, 0.3) is 5.70 Å². The lowest BCUT2D eigenvalue weighted by Crippen LogP contribution is -1.96. The lowest BCUT2D eigenvalue weighted by molar-refractivity contribution is 0.104. The summed E-state index contributed by atoms with van der Waals surface area (Å²) in [6, 6.07) is 3.31. The second kappa shape index (κ2) is 4.47. The Morgan fingerprint density at radius 1 is 1.37 bits per heavy atom. The Bertz CT molecular complexity index is 730. The molecule has 1 aliphatic carbocycles. The quantitative estimate of drug-likeness (QED) is 0.406. The molecule has 1 aromatic carbocycles. The zero-order valence-corrected chi connectivity index (χ0v) is 9.79. The van der Waals surface area contributed by atoms with Gasteiger partial charge in [-0.15, -0.1) is 0 Å². The first-order valence-electron chi connectivity index (χ1n) is 5.27. The van der Waals surface area contributed by atoms with E-state index in [0.29, 0.717) is 0 Å². The average Bonchev–Trinajstić information content (AvgIpc) is 2.65. The molecule has 2 rings (SSSR count). The normalized spacial score (nSPS) is 17.9. The fourth-order valence-electron chi connectivity index (χ4n) is 2.01. The summed E-state index contributed by atoms with van der Waals surface area (Å²) in [7, 11) is 0. The summed E-state index contributed by atoms with van der Waals surface area (Å²) in [5.41, 5.74) is -0.0689. The maximum Gasteiger partial charge on any atom is 0.270 e. The van der Waals surface area contributed by atoms with Gasteiger partial charge in [0.2, 0.25) is 0 Å². The van der Waals surface area contributed by atoms with Crippen LogP contribution < -0.4 is 0 Å². The van der Waals surface area contributed by atoms with E-state index >= 15 is 0 Å². The van der Waals surface area contributed by atoms with Gasteiger partial charge < -0.3 is 0 Å². The third-order valence-electron chi connectivity index (χ3n) is 2.83. The van der Waals surface area contributed by atoms with Crippen molar-refractivity contribution in [2.24, 2.45) is 0 Å². The number of hydrogen-bond acceptors (Lipinski definition) is 2. The summed E-state index contributed by atoms with van der Waals surface area (Å²) in [5.74, 6) is -2.77. The number of allylic oxidation sites excluding steroid dienone is 4. The fraction of sp³-hybridized carbons (Fsp3) is 0.0714. The van der Waals surface area contributed by atoms with Crippen molar-refractivity contribution in [3.63, 3.8) is 0 Å². The van der Waals surface area contributed by atoms with Crippen molar-refractivity contribution >= 4 is 11.4 Å². The predicted octanol–water partition coefficient (Wildman–Crippen LogP) is 3.26. The van der Waals surface area contributed by atoms with Crippen molar-refractivity contribution in [1.82, 2.24) is 0 Å². The molecule has 0 saturated heterocycles. The van der Waals surface area contributed by atoms with Gasteiger partial charge in [0.15, 0.2) is 17.4 Å². The van der Waals surface area contributed by atoms with E-state index in [-0.39, 0.29) is 28.0 Å². The first-order chi connectivity index (χ1) is 9.04. The Morgan fingerprint density at radius 3 is 2.42 bits per heavy atom. The minimum atomic E-state index is -1.13. The number of ketones is 1. The number of benzene rings is 1. The topological polar surface area (TPSA) is 45.2 Å². The van der Waals surface area contributed by atoms with E-state index in [1.54, 1.807) is 13.0 Å². The summed E-state index contributed by atoms with van der Waals surface area (Å²) < 4.78 is 26.5. The Balaban J connectivity index is 2.91. The van der Waals surface area contributed by atoms with E-state index in [0.717, 1.165) is 12.1 Å². The maximum atomic E-state index is 13.3. The maximum absolute atomic E-state index is 13.3. The Morgan fingerprint density at radius 2 is 1.95 bits per heavy atom. The monoisotopic (exact) mass is 256 g/mol. The van der Waals surface area contributed by atoms with E-state index in [1.807, 2.05) is 0 Å². The number of carbonyl (C=O) groups is 1. The van der Waals surface area contributed by atoms with E-state index < -0.39 is 17.4 Å². The van der Waals surface area contributed by atoms with Crippen LogP contribution in [-0.2, 0) is 0 Å². The van der Waals surface area contributed by atoms with Crippen LogP contribution in [0.5, 0.6) is 0 Å². The first-order valence-corrected chi connectivity index (χ1v) is 5.27. The van der Waals surface area contributed by atoms with Crippen LogP contribution in [-0.4, -0.2) is 5.78 Å². The molecule has 0 N–H and O–H groups in total. The summed E-state index contributed by atoms with van der Waals surface area (Å²) >= 11 is 0. The van der Waals surface area contributed by atoms with Crippen LogP contribution in [0, 0.1) is 29.5 Å². The van der Waals surface area contributed by atoms with Gasteiger partial charge in [-0.1, -0.05) is 6.08 Å². The lowest BCUT2D eigenvalue weighted by Gasteiger charge is -2.01. The van der Waals surface area contributed by atoms with Gasteiger partial charge in [-0.05, 0) is 24.6 Å². The second-order valence-corrected chi connectivity index (χ2v) is 3.79. The molecule has 1 aromatic rings. The van der Waals surface area contributed by atoms with E-state index in [9.17, 15) is 13.6 Å². The fourth-order valence-corrected chi connectivity index (χ4v) is 2.01. The van der Waals surface area contributed by atoms with Crippen molar-refractivity contribution in [2.75, 3.05) is 0 Å². The smallest absolute Gasteiger partial charge is 0.270 e. The molecule has 92 valence electrons. The summed E-state index contributed by atoms with van der Waals surface area (Å²) in [6.45, 7) is 8.49. The van der Waals surface area contributed by atoms with Gasteiger partial charge in [-0.3, -0.25) is 4.79 Å². The molecular formula is C14H6F2N2O. The van der Waals surface area contributed by atoms with Crippen LogP contribution in [0.1, 0.15) is 22.8 Å². The Hall–Kier alpha value is -2.79. The third kappa shape index (κ3) is 1.73. The molecule has 5 heteroatoms. The van der Waals surface area contributed by atoms with Crippen LogP contribution in [0.3, 0.4) is 0 Å². The second-order valence-electron chi connectivity index (χ2n) is 3.79. The first kappa shape index (κ1) is 12.7. The van der Waals surface area contributed by atoms with Gasteiger partial charge in [-0.2, -0.15) is 0 Å². The van der Waals surface area contributed by atoms with Crippen molar-refractivity contribution < 1.29 is 13.6 Å². The van der Waals surface area contributed by atoms with Crippen LogP contribution in [0.25, 0.3) is 10.4 Å². The third-order valence-corrected chi connectivity index (χ3v) is 2.83. The van der Waals surface area contributed by atoms with E-state index in [1.165, 1.54) is 6.08 Å². The van der Waals surface area contributed by atoms with Crippen molar-refractivity contribution in [2.45, 2.75) is 6.92 Å². The standard InChI is InChI=1S/C14H6F2N2O/c1-3-7-13(12(6-17)18-2)8-4-10(15)11(16)5-9(8)14(7)19/h3-5H,1H3/b7-3-,13-12?. The van der Waals surface area contributed by atoms with Crippen molar-refractivity contribution in [3.05, 3.63) is 63.7 Å². The Kier molecular flexibility index (Phi) is 2.98. The summed E-state index contributed by atoms with van der Waals surface area (Å²) in [5, 5.41) is 8.91. The average molecular weight is 256 g/mol. The van der Waals surface area contributed by atoms with Crippen molar-refractivity contribution in [3.8, 4) is 6.07 Å². The number of halogens is 2. The molecule has 0 saturated carbocycles. The number of Topliss-reactive ketones (excluding diaryl/α,β-unsaturated/α-hetero) is 1. The number of rotatable bonds is 0. The molecule has 1 aliphatic rings. The molecule has 0 fully saturated rings. The summed E-state index contributed by atoms with van der Waals surface area (Å²) in [6.07, 6.45) is 1.43. The molecule has 19 heavy (non-hydrogen) atoms. The van der Waals surface area contributed by atoms with Gasteiger partial charge in [0, 0.05) is 16.7 Å². The Labute approximate surface area is 107 Å². The minimum Gasteiger partial charge on any atom is -0.289 e. The van der Waals surface area contributed by atoms with Gasteiger partial charge in [0.05, 0.1) is 12.6 Å². The highest BCUT2D eigenvalue weighted by atomic mass is 19.2. The lowest BCUT2D eigenvalue weighted by atomic mass is 10.0. The van der Waals surface area contributed by atoms with Gasteiger partial charge in [-0.25, -0.2) is 18.9 Å². The molecule has 0 heterocycles. The molecule has 0 radical (unpaired) electrons. The minimum absolute atomic E-state index is 0.0293. The van der Waals surface area contributed by atoms with E-state index in [4.69, 9.17) is 11.8 Å². The van der Waals surface area contributed by atoms with Crippen LogP contribution in [0.4, 0.5) is 8.78 Å². The highest BCUT2D eigenvalue weighted by Crippen LogP contribution is 2.39. The largest absolute Gasteiger partial charge is 0.289 e. The van der Waals surface area contributed by atoms with Crippen LogP contribution in [0.2, 0.25) is 0 Å².